The van der Waals surface area contributed by atoms with Gasteiger partial charge in [-0.3, -0.25) is 4.79 Å². The third-order valence-electron chi connectivity index (χ3n) is 1.79. The second-order valence-corrected chi connectivity index (χ2v) is 2.79. The number of carbonyl (C=O) groups is 1. The minimum atomic E-state index is -0.663. The molecule has 1 rings (SSSR count). The minimum absolute atomic E-state index is 0. The third kappa shape index (κ3) is 4.50. The van der Waals surface area contributed by atoms with Gasteiger partial charge < -0.3 is 14.4 Å². The number of amides is 1. The normalized spacial score (nSPS) is 8.94. The van der Waals surface area contributed by atoms with Crippen LogP contribution in [0.2, 0.25) is 0 Å². The predicted octanol–water partition coefficient (Wildman–Crippen LogP) is 0.194. The summed E-state index contributed by atoms with van der Waals surface area (Å²) in [5.74, 6) is -0.835. The number of halogens is 2. The molecule has 1 amide bonds. The number of methoxy groups -OCH3 is 1. The first-order valence-corrected chi connectivity index (χ1v) is 4.36. The SMILES string of the molecule is COc1ccc(F)cc1C(=O)NCBF.[KH]. The summed E-state index contributed by atoms with van der Waals surface area (Å²) in [4.78, 5) is 11.4. The van der Waals surface area contributed by atoms with E-state index in [4.69, 9.17) is 4.74 Å². The van der Waals surface area contributed by atoms with Crippen molar-refractivity contribution in [3.05, 3.63) is 29.6 Å². The van der Waals surface area contributed by atoms with Crippen LogP contribution in [-0.2, 0) is 0 Å². The Kier molecular flexibility index (Phi) is 8.21. The van der Waals surface area contributed by atoms with Crippen LogP contribution < -0.4 is 10.1 Å². The third-order valence-corrected chi connectivity index (χ3v) is 1.79. The molecule has 1 N–H and O–H groups in total. The van der Waals surface area contributed by atoms with Crippen molar-refractivity contribution < 1.29 is 18.2 Å². The number of hydrogen-bond acceptors (Lipinski definition) is 2. The molecule has 0 aliphatic heterocycles. The van der Waals surface area contributed by atoms with E-state index in [9.17, 15) is 13.5 Å². The molecule has 0 heterocycles. The molecule has 0 aliphatic carbocycles. The number of ether oxygens (including phenoxy) is 1. The first-order valence-electron chi connectivity index (χ1n) is 4.36. The molecule has 0 saturated carbocycles. The van der Waals surface area contributed by atoms with Crippen molar-refractivity contribution in [1.82, 2.24) is 5.32 Å². The molecule has 0 atom stereocenters. The molecule has 0 saturated heterocycles. The molecule has 3 nitrogen and oxygen atoms in total. The molecule has 82 valence electrons. The molecule has 1 aromatic rings. The van der Waals surface area contributed by atoms with E-state index in [1.54, 1.807) is 0 Å². The summed E-state index contributed by atoms with van der Waals surface area (Å²) in [7, 11) is 0.711. The summed E-state index contributed by atoms with van der Waals surface area (Å²) < 4.78 is 29.5. The van der Waals surface area contributed by atoms with Crippen LogP contribution in [-0.4, -0.2) is 78.4 Å². The summed E-state index contributed by atoms with van der Waals surface area (Å²) in [5.41, 5.74) is 0.0611. The molecule has 16 heavy (non-hydrogen) atoms. The fourth-order valence-electron chi connectivity index (χ4n) is 1.11. The van der Waals surface area contributed by atoms with Crippen LogP contribution in [0.15, 0.2) is 18.2 Å². The Morgan fingerprint density at radius 2 is 2.25 bits per heavy atom. The average molecular weight is 253 g/mol. The number of carbonyl (C=O) groups excluding carboxylic acids is 1. The molecule has 7 heteroatoms. The summed E-state index contributed by atoms with van der Waals surface area (Å²) in [5, 5.41) is 2.29. The van der Waals surface area contributed by atoms with Crippen LogP contribution in [0, 0.1) is 5.82 Å². The molecule has 0 bridgehead atoms. The quantitative estimate of drug-likeness (QED) is 0.778. The van der Waals surface area contributed by atoms with Crippen molar-refractivity contribution in [2.45, 2.75) is 0 Å². The summed E-state index contributed by atoms with van der Waals surface area (Å²) in [6.45, 7) is 0. The van der Waals surface area contributed by atoms with Gasteiger partial charge in [-0.2, -0.15) is 0 Å². The zero-order chi connectivity index (χ0) is 11.3. The number of nitrogens with one attached hydrogen (secondary N) is 1. The Morgan fingerprint density at radius 3 is 2.81 bits per heavy atom. The van der Waals surface area contributed by atoms with Gasteiger partial charge in [0.2, 0.25) is 0 Å². The predicted molar refractivity (Wildman–Crippen MR) is 60.7 cm³/mol. The molecule has 0 radical (unpaired) electrons. The molecule has 0 unspecified atom stereocenters. The van der Waals surface area contributed by atoms with Gasteiger partial charge in [0.25, 0.3) is 5.91 Å². The van der Waals surface area contributed by atoms with Gasteiger partial charge in [0, 0.05) is 6.44 Å². The van der Waals surface area contributed by atoms with Gasteiger partial charge in [0.1, 0.15) is 11.6 Å². The topological polar surface area (TPSA) is 38.3 Å². The number of hydrogen-bond donors (Lipinski definition) is 1. The van der Waals surface area contributed by atoms with E-state index < -0.39 is 19.3 Å². The van der Waals surface area contributed by atoms with Crippen molar-refractivity contribution in [2.75, 3.05) is 13.6 Å². The van der Waals surface area contributed by atoms with E-state index in [1.165, 1.54) is 19.2 Å². The van der Waals surface area contributed by atoms with E-state index in [2.05, 4.69) is 5.32 Å². The Labute approximate surface area is 136 Å². The van der Waals surface area contributed by atoms with Crippen molar-refractivity contribution in [2.24, 2.45) is 0 Å². The first kappa shape index (κ1) is 16.1. The van der Waals surface area contributed by atoms with Gasteiger partial charge in [0.05, 0.1) is 12.7 Å². The second kappa shape index (κ2) is 8.19. The summed E-state index contributed by atoms with van der Waals surface area (Å²) in [6.07, 6.45) is -0.0987. The van der Waals surface area contributed by atoms with Crippen LogP contribution >= 0.6 is 0 Å². The van der Waals surface area contributed by atoms with Crippen LogP contribution in [0.3, 0.4) is 0 Å². The van der Waals surface area contributed by atoms with E-state index in [0.29, 0.717) is 0 Å². The molecule has 1 aromatic carbocycles. The van der Waals surface area contributed by atoms with Gasteiger partial charge in [0.15, 0.2) is 0 Å². The zero-order valence-electron chi connectivity index (χ0n) is 8.22. The molecule has 0 fully saturated rings. The van der Waals surface area contributed by atoms with Crippen molar-refractivity contribution >= 4 is 64.8 Å². The fourth-order valence-corrected chi connectivity index (χ4v) is 1.11. The van der Waals surface area contributed by atoms with Crippen molar-refractivity contribution in [3.63, 3.8) is 0 Å². The molecular formula is C9H11BF2KNO2. The van der Waals surface area contributed by atoms with Crippen LogP contribution in [0.1, 0.15) is 10.4 Å². The Bertz CT molecular complexity index is 365. The summed E-state index contributed by atoms with van der Waals surface area (Å²) >= 11 is 0. The summed E-state index contributed by atoms with van der Waals surface area (Å²) in [6, 6.07) is 3.58. The second-order valence-electron chi connectivity index (χ2n) is 2.79. The van der Waals surface area contributed by atoms with Gasteiger partial charge in [-0.05, 0) is 18.2 Å². The van der Waals surface area contributed by atoms with Crippen LogP contribution in [0.25, 0.3) is 0 Å². The standard InChI is InChI=1S/C9H10BF2NO2.K.H/c1-15-8-3-2-6(11)4-7(8)9(14)13-5-10-12;;/h2-4,10H,5H2,1H3,(H,13,14);;. The zero-order valence-corrected chi connectivity index (χ0v) is 8.22. The van der Waals surface area contributed by atoms with Gasteiger partial charge in [-0.1, -0.05) is 0 Å². The van der Waals surface area contributed by atoms with Gasteiger partial charge in [-0.25, -0.2) is 4.39 Å². The van der Waals surface area contributed by atoms with Crippen LogP contribution in [0.4, 0.5) is 8.71 Å². The number of benzene rings is 1. The maximum atomic E-state index is 12.9. The fraction of sp³-hybridized carbons (Fsp3) is 0.222. The monoisotopic (exact) mass is 253 g/mol. The van der Waals surface area contributed by atoms with E-state index in [0.717, 1.165) is 6.07 Å². The van der Waals surface area contributed by atoms with Crippen molar-refractivity contribution in [1.29, 1.82) is 0 Å². The Hall–Kier alpha value is 0.0513. The molecule has 0 spiro atoms. The Morgan fingerprint density at radius 1 is 1.56 bits per heavy atom. The first-order chi connectivity index (χ1) is 7.19. The molecule has 0 aliphatic rings. The average Bonchev–Trinajstić information content (AvgIpc) is 2.25. The molecule has 0 aromatic heterocycles. The Balaban J connectivity index is 0.00000225. The van der Waals surface area contributed by atoms with E-state index in [1.807, 2.05) is 0 Å². The van der Waals surface area contributed by atoms with Gasteiger partial charge in [-0.15, -0.1) is 0 Å². The van der Waals surface area contributed by atoms with Crippen LogP contribution in [0.5, 0.6) is 5.75 Å². The van der Waals surface area contributed by atoms with Gasteiger partial charge >= 0.3 is 58.9 Å². The number of rotatable bonds is 4. The van der Waals surface area contributed by atoms with E-state index >= 15 is 0 Å². The molecular weight excluding hydrogens is 242 g/mol. The van der Waals surface area contributed by atoms with Crippen molar-refractivity contribution in [3.8, 4) is 5.75 Å². The van der Waals surface area contributed by atoms with E-state index in [-0.39, 0.29) is 69.1 Å². The maximum absolute atomic E-state index is 12.9.